The van der Waals surface area contributed by atoms with Crippen LogP contribution in [0.25, 0.3) is 0 Å². The quantitative estimate of drug-likeness (QED) is 0.741. The molecule has 0 saturated heterocycles. The van der Waals surface area contributed by atoms with Crippen LogP contribution < -0.4 is 0 Å². The van der Waals surface area contributed by atoms with Gasteiger partial charge in [0.25, 0.3) is 5.91 Å². The van der Waals surface area contributed by atoms with Crippen molar-refractivity contribution in [2.75, 3.05) is 19.0 Å². The molecule has 0 aliphatic carbocycles. The summed E-state index contributed by atoms with van der Waals surface area (Å²) >= 11 is 5.63. The van der Waals surface area contributed by atoms with E-state index in [4.69, 9.17) is 11.6 Å². The molecule has 0 aromatic carbocycles. The van der Waals surface area contributed by atoms with Gasteiger partial charge in [-0.1, -0.05) is 0 Å². The summed E-state index contributed by atoms with van der Waals surface area (Å²) in [5.74, 6) is 0.636. The van der Waals surface area contributed by atoms with Crippen LogP contribution in [-0.4, -0.2) is 34.8 Å². The number of aryl methyl sites for hydroxylation is 1. The van der Waals surface area contributed by atoms with Crippen molar-refractivity contribution >= 4 is 17.5 Å². The van der Waals surface area contributed by atoms with Gasteiger partial charge >= 0.3 is 0 Å². The lowest BCUT2D eigenvalue weighted by atomic mass is 10.2. The van der Waals surface area contributed by atoms with Crippen LogP contribution in [0.3, 0.4) is 0 Å². The molecule has 88 valence electrons. The van der Waals surface area contributed by atoms with Crippen LogP contribution in [0.2, 0.25) is 0 Å². The highest BCUT2D eigenvalue weighted by molar-refractivity contribution is 6.17. The van der Waals surface area contributed by atoms with Gasteiger partial charge in [0.05, 0.1) is 0 Å². The van der Waals surface area contributed by atoms with Crippen molar-refractivity contribution in [2.45, 2.75) is 20.3 Å². The van der Waals surface area contributed by atoms with E-state index in [1.165, 1.54) is 0 Å². The van der Waals surface area contributed by atoms with Gasteiger partial charge in [-0.05, 0) is 32.4 Å². The third kappa shape index (κ3) is 3.49. The Hall–Kier alpha value is -1.09. The van der Waals surface area contributed by atoms with Gasteiger partial charge in [0.1, 0.15) is 0 Å². The van der Waals surface area contributed by atoms with Crippen LogP contribution in [0.4, 0.5) is 0 Å². The number of rotatable bonds is 5. The number of carbonyl (C=O) groups excluding carboxylic acids is 1. The third-order valence-corrected chi connectivity index (χ3v) is 2.64. The number of pyridine rings is 1. The van der Waals surface area contributed by atoms with Gasteiger partial charge in [-0.15, -0.1) is 11.6 Å². The monoisotopic (exact) mass is 240 g/mol. The Morgan fingerprint density at radius 1 is 1.56 bits per heavy atom. The third-order valence-electron chi connectivity index (χ3n) is 2.37. The predicted molar refractivity (Wildman–Crippen MR) is 65.9 cm³/mol. The van der Waals surface area contributed by atoms with Gasteiger partial charge in [-0.2, -0.15) is 0 Å². The molecule has 0 aliphatic rings. The number of hydrogen-bond donors (Lipinski definition) is 0. The van der Waals surface area contributed by atoms with Crippen molar-refractivity contribution in [2.24, 2.45) is 0 Å². The Morgan fingerprint density at radius 3 is 2.88 bits per heavy atom. The molecule has 0 N–H and O–H groups in total. The molecule has 1 rings (SSSR count). The molecule has 1 aromatic heterocycles. The number of hydrogen-bond acceptors (Lipinski definition) is 2. The Morgan fingerprint density at radius 2 is 2.31 bits per heavy atom. The highest BCUT2D eigenvalue weighted by Crippen LogP contribution is 2.06. The molecule has 0 unspecified atom stereocenters. The molecule has 1 heterocycles. The Kier molecular flexibility index (Phi) is 5.26. The summed E-state index contributed by atoms with van der Waals surface area (Å²) in [5.41, 5.74) is 1.56. The molecule has 0 bridgehead atoms. The lowest BCUT2D eigenvalue weighted by Crippen LogP contribution is -2.32. The second-order valence-corrected chi connectivity index (χ2v) is 3.99. The first-order valence-electron chi connectivity index (χ1n) is 5.47. The lowest BCUT2D eigenvalue weighted by Gasteiger charge is -2.20. The fourth-order valence-electron chi connectivity index (χ4n) is 1.52. The lowest BCUT2D eigenvalue weighted by molar-refractivity contribution is 0.0764. The molecular formula is C12H17ClN2O. The summed E-state index contributed by atoms with van der Waals surface area (Å²) in [4.78, 5) is 18.0. The number of carbonyl (C=O) groups is 1. The molecular weight excluding hydrogens is 224 g/mol. The average Bonchev–Trinajstić information content (AvgIpc) is 2.29. The van der Waals surface area contributed by atoms with E-state index in [1.54, 1.807) is 17.2 Å². The van der Waals surface area contributed by atoms with Gasteiger partial charge < -0.3 is 4.90 Å². The van der Waals surface area contributed by atoms with E-state index >= 15 is 0 Å². The zero-order valence-corrected chi connectivity index (χ0v) is 10.5. The Labute approximate surface area is 101 Å². The molecule has 1 aromatic rings. The molecule has 1 amide bonds. The number of aromatic nitrogens is 1. The minimum absolute atomic E-state index is 0.0538. The van der Waals surface area contributed by atoms with E-state index in [0.717, 1.165) is 12.1 Å². The average molecular weight is 241 g/mol. The zero-order valence-electron chi connectivity index (χ0n) is 9.74. The summed E-state index contributed by atoms with van der Waals surface area (Å²) in [5, 5.41) is 0. The number of halogens is 1. The first-order chi connectivity index (χ1) is 7.69. The minimum Gasteiger partial charge on any atom is -0.339 e. The maximum Gasteiger partial charge on any atom is 0.253 e. The highest BCUT2D eigenvalue weighted by Gasteiger charge is 2.13. The van der Waals surface area contributed by atoms with Crippen LogP contribution in [0, 0.1) is 6.92 Å². The van der Waals surface area contributed by atoms with Crippen molar-refractivity contribution in [3.8, 4) is 0 Å². The number of nitrogens with zero attached hydrogens (tertiary/aromatic N) is 2. The van der Waals surface area contributed by atoms with Gasteiger partial charge in [0, 0.05) is 36.4 Å². The van der Waals surface area contributed by atoms with Gasteiger partial charge in [-0.25, -0.2) is 0 Å². The van der Waals surface area contributed by atoms with Gasteiger partial charge in [0.15, 0.2) is 0 Å². The fourth-order valence-corrected chi connectivity index (χ4v) is 1.63. The molecule has 16 heavy (non-hydrogen) atoms. The zero-order chi connectivity index (χ0) is 12.0. The molecule has 0 radical (unpaired) electrons. The van der Waals surface area contributed by atoms with Gasteiger partial charge in [-0.3, -0.25) is 9.78 Å². The van der Waals surface area contributed by atoms with Crippen molar-refractivity contribution < 1.29 is 4.79 Å². The standard InChI is InChI=1S/C12H17ClN2O/c1-3-15(8-4-6-13)12(16)11-5-7-14-10(2)9-11/h5,7,9H,3-4,6,8H2,1-2H3. The molecule has 0 spiro atoms. The minimum atomic E-state index is 0.0538. The van der Waals surface area contributed by atoms with Crippen molar-refractivity contribution in [3.63, 3.8) is 0 Å². The fraction of sp³-hybridized carbons (Fsp3) is 0.500. The summed E-state index contributed by atoms with van der Waals surface area (Å²) in [6, 6.07) is 3.56. The number of amides is 1. The van der Waals surface area contributed by atoms with E-state index < -0.39 is 0 Å². The summed E-state index contributed by atoms with van der Waals surface area (Å²) < 4.78 is 0. The molecule has 4 heteroatoms. The molecule has 0 aliphatic heterocycles. The first kappa shape index (κ1) is 13.0. The summed E-state index contributed by atoms with van der Waals surface area (Å²) in [6.45, 7) is 5.27. The smallest absolute Gasteiger partial charge is 0.253 e. The molecule has 3 nitrogen and oxygen atoms in total. The van der Waals surface area contributed by atoms with Crippen LogP contribution in [0.1, 0.15) is 29.4 Å². The van der Waals surface area contributed by atoms with E-state index in [9.17, 15) is 4.79 Å². The Balaban J connectivity index is 2.74. The van der Waals surface area contributed by atoms with E-state index in [0.29, 0.717) is 24.5 Å². The van der Waals surface area contributed by atoms with E-state index in [-0.39, 0.29) is 5.91 Å². The Bertz CT molecular complexity index is 355. The van der Waals surface area contributed by atoms with Gasteiger partial charge in [0.2, 0.25) is 0 Å². The first-order valence-corrected chi connectivity index (χ1v) is 6.00. The van der Waals surface area contributed by atoms with Crippen LogP contribution in [-0.2, 0) is 0 Å². The normalized spacial score (nSPS) is 10.2. The van der Waals surface area contributed by atoms with E-state index in [2.05, 4.69) is 4.98 Å². The molecule has 0 saturated carbocycles. The topological polar surface area (TPSA) is 33.2 Å². The van der Waals surface area contributed by atoms with Crippen LogP contribution >= 0.6 is 11.6 Å². The molecule has 0 fully saturated rings. The maximum atomic E-state index is 12.1. The molecule has 0 atom stereocenters. The van der Waals surface area contributed by atoms with Crippen LogP contribution in [0.15, 0.2) is 18.3 Å². The predicted octanol–water partition coefficient (Wildman–Crippen LogP) is 2.48. The summed E-state index contributed by atoms with van der Waals surface area (Å²) in [7, 11) is 0. The highest BCUT2D eigenvalue weighted by atomic mass is 35.5. The number of alkyl halides is 1. The summed E-state index contributed by atoms with van der Waals surface area (Å²) in [6.07, 6.45) is 2.49. The van der Waals surface area contributed by atoms with E-state index in [1.807, 2.05) is 19.9 Å². The SMILES string of the molecule is CCN(CCCCl)C(=O)c1ccnc(C)c1. The van der Waals surface area contributed by atoms with Crippen molar-refractivity contribution in [3.05, 3.63) is 29.6 Å². The van der Waals surface area contributed by atoms with Crippen LogP contribution in [0.5, 0.6) is 0 Å². The second-order valence-electron chi connectivity index (χ2n) is 3.61. The van der Waals surface area contributed by atoms with Crippen molar-refractivity contribution in [1.29, 1.82) is 0 Å². The second kappa shape index (κ2) is 6.48. The van der Waals surface area contributed by atoms with Crippen molar-refractivity contribution in [1.82, 2.24) is 9.88 Å². The largest absolute Gasteiger partial charge is 0.339 e. The maximum absolute atomic E-state index is 12.1.